The molecular weight excluding hydrogens is 1060 g/mol. The number of thiocarbonyl (C=S) groups is 3. The molecule has 0 spiro atoms. The zero-order valence-electron chi connectivity index (χ0n) is 41.4. The average molecular weight is 1160 g/mol. The van der Waals surface area contributed by atoms with E-state index < -0.39 is 0 Å². The molecule has 0 aliphatic carbocycles. The van der Waals surface area contributed by atoms with Gasteiger partial charge >= 0.3 is 26.2 Å². The Labute approximate surface area is 436 Å². The van der Waals surface area contributed by atoms with Crippen LogP contribution >= 0.6 is 36.7 Å². The van der Waals surface area contributed by atoms with Crippen LogP contribution in [-0.4, -0.2) is 93.1 Å². The van der Waals surface area contributed by atoms with Crippen molar-refractivity contribution in [3.05, 3.63) is 0 Å². The van der Waals surface area contributed by atoms with E-state index in [0.29, 0.717) is 13.0 Å². The predicted molar refractivity (Wildman–Crippen MR) is 301 cm³/mol. The first kappa shape index (κ1) is 68.8. The second kappa shape index (κ2) is 59.2. The van der Waals surface area contributed by atoms with Gasteiger partial charge in [0.2, 0.25) is 0 Å². The van der Waals surface area contributed by atoms with Crippen molar-refractivity contribution in [3.63, 3.8) is 0 Å². The Kier molecular flexibility index (Phi) is 66.8. The van der Waals surface area contributed by atoms with Gasteiger partial charge in [-0.25, -0.2) is 0 Å². The van der Waals surface area contributed by atoms with E-state index >= 15 is 0 Å². The Balaban J connectivity index is -0.000000396. The van der Waals surface area contributed by atoms with E-state index in [2.05, 4.69) is 56.2 Å². The first-order chi connectivity index (χ1) is 29.2. The van der Waals surface area contributed by atoms with Gasteiger partial charge in [0.05, 0.1) is 0 Å². The van der Waals surface area contributed by atoms with Crippen molar-refractivity contribution in [1.29, 1.82) is 0 Å². The summed E-state index contributed by atoms with van der Waals surface area (Å²) in [5.74, 6) is 0. The van der Waals surface area contributed by atoms with Crippen molar-refractivity contribution in [2.24, 2.45) is 0 Å². The molecule has 61 heavy (non-hydrogen) atoms. The molecule has 0 aliphatic rings. The van der Waals surface area contributed by atoms with Gasteiger partial charge in [0, 0.05) is 39.3 Å². The van der Waals surface area contributed by atoms with Crippen molar-refractivity contribution < 1.29 is 0 Å². The van der Waals surface area contributed by atoms with Gasteiger partial charge in [-0.3, -0.25) is 0 Å². The van der Waals surface area contributed by atoms with E-state index in [4.69, 9.17) is 74.5 Å². The maximum Gasteiger partial charge on any atom is 3.00 e. The minimum atomic E-state index is 0. The largest absolute Gasteiger partial charge is 3.00 e. The van der Waals surface area contributed by atoms with E-state index in [1.165, 1.54) is 231 Å². The summed E-state index contributed by atoms with van der Waals surface area (Å²) in [7, 11) is 0. The van der Waals surface area contributed by atoms with E-state index in [-0.39, 0.29) is 26.2 Å². The van der Waals surface area contributed by atoms with E-state index in [1.54, 1.807) is 0 Å². The molecule has 0 fully saturated rings. The summed E-state index contributed by atoms with van der Waals surface area (Å²) in [5, 5.41) is 0. The Morgan fingerprint density at radius 2 is 0.361 bits per heavy atom. The first-order valence-electron chi connectivity index (χ1n) is 26.0. The normalized spacial score (nSPS) is 10.5. The van der Waals surface area contributed by atoms with Gasteiger partial charge in [-0.05, 0) is 38.5 Å². The fourth-order valence-corrected chi connectivity index (χ4v) is 8.48. The summed E-state index contributed by atoms with van der Waals surface area (Å²) in [5.41, 5.74) is 0. The summed E-state index contributed by atoms with van der Waals surface area (Å²) < 4.78 is 2.02. The molecule has 2 radical (unpaired) electrons. The Morgan fingerprint density at radius 1 is 0.246 bits per heavy atom. The Morgan fingerprint density at radius 3 is 0.475 bits per heavy atom. The van der Waals surface area contributed by atoms with Crippen LogP contribution in [0, 0.1) is 0 Å². The number of hydrogen-bond donors (Lipinski definition) is 0. The second-order valence-corrected chi connectivity index (χ2v) is 20.5. The summed E-state index contributed by atoms with van der Waals surface area (Å²) in [6.07, 6.45) is 48.1. The van der Waals surface area contributed by atoms with Crippen LogP contribution in [0.15, 0.2) is 0 Å². The molecule has 362 valence electrons. The van der Waals surface area contributed by atoms with Crippen LogP contribution < -0.4 is 0 Å². The molecule has 0 unspecified atom stereocenters. The van der Waals surface area contributed by atoms with Crippen LogP contribution in [0.4, 0.5) is 0 Å². The molecular formula is C51H102BiN3S6. The van der Waals surface area contributed by atoms with Crippen molar-refractivity contribution in [2.45, 2.75) is 273 Å². The molecule has 3 nitrogen and oxygen atoms in total. The van der Waals surface area contributed by atoms with Crippen LogP contribution in [0.1, 0.15) is 273 Å². The summed E-state index contributed by atoms with van der Waals surface area (Å²) >= 11 is 31.2. The monoisotopic (exact) mass is 1160 g/mol. The Bertz CT molecular complexity index is 726. The molecule has 0 atom stereocenters. The van der Waals surface area contributed by atoms with Gasteiger partial charge in [0.1, 0.15) is 0 Å². The SMILES string of the molecule is CCCCCCCCN(CCCCCCCC)C(=S)[S-].CCCCCCCCN(CCCCCCCC)C(=S)[S-].CCCCCCCCN(CCCCCCCC)C(=S)[S-].[Bi+3]. The molecule has 0 bridgehead atoms. The number of hydrogen-bond acceptors (Lipinski definition) is 6. The fraction of sp³-hybridized carbons (Fsp3) is 0.941. The van der Waals surface area contributed by atoms with Gasteiger partial charge < -0.3 is 89.2 Å². The third kappa shape index (κ3) is 57.3. The summed E-state index contributed by atoms with van der Waals surface area (Å²) in [4.78, 5) is 6.72. The van der Waals surface area contributed by atoms with Crippen LogP contribution in [0.3, 0.4) is 0 Å². The predicted octanol–water partition coefficient (Wildman–Crippen LogP) is 17.1. The van der Waals surface area contributed by atoms with E-state index in [1.807, 2.05) is 0 Å². The molecule has 0 aromatic rings. The molecule has 0 rings (SSSR count). The summed E-state index contributed by atoms with van der Waals surface area (Å²) in [6, 6.07) is 0. The van der Waals surface area contributed by atoms with E-state index in [0.717, 1.165) is 39.3 Å². The van der Waals surface area contributed by atoms with Gasteiger partial charge in [0.25, 0.3) is 0 Å². The molecule has 0 N–H and O–H groups in total. The molecule has 0 amide bonds. The third-order valence-corrected chi connectivity index (χ3v) is 13.0. The van der Waals surface area contributed by atoms with E-state index in [9.17, 15) is 0 Å². The summed E-state index contributed by atoms with van der Waals surface area (Å²) in [6.45, 7) is 20.0. The van der Waals surface area contributed by atoms with Crippen molar-refractivity contribution in [2.75, 3.05) is 39.3 Å². The maximum absolute atomic E-state index is 5.20. The molecule has 0 aliphatic heterocycles. The molecule has 0 aromatic carbocycles. The van der Waals surface area contributed by atoms with Crippen molar-refractivity contribution in [3.8, 4) is 0 Å². The first-order valence-corrected chi connectivity index (χ1v) is 28.5. The third-order valence-electron chi connectivity index (χ3n) is 11.5. The number of rotatable bonds is 42. The van der Waals surface area contributed by atoms with Crippen molar-refractivity contribution >= 4 is 114 Å². The minimum absolute atomic E-state index is 0. The van der Waals surface area contributed by atoms with Gasteiger partial charge in [-0.2, -0.15) is 0 Å². The molecule has 10 heteroatoms. The van der Waals surface area contributed by atoms with Gasteiger partial charge in [-0.1, -0.05) is 247 Å². The second-order valence-electron chi connectivity index (χ2n) is 17.4. The molecule has 0 saturated heterocycles. The van der Waals surface area contributed by atoms with Crippen LogP contribution in [0.2, 0.25) is 0 Å². The maximum atomic E-state index is 5.20. The smallest absolute Gasteiger partial charge is 0.411 e. The Hall–Kier alpha value is 1.21. The molecule has 0 heterocycles. The quantitative estimate of drug-likeness (QED) is 0.0254. The van der Waals surface area contributed by atoms with Gasteiger partial charge in [0.15, 0.2) is 0 Å². The fourth-order valence-electron chi connectivity index (χ4n) is 7.38. The average Bonchev–Trinajstić information content (AvgIpc) is 3.23. The number of unbranched alkanes of at least 4 members (excludes halogenated alkanes) is 30. The van der Waals surface area contributed by atoms with Crippen LogP contribution in [0.25, 0.3) is 0 Å². The topological polar surface area (TPSA) is 9.72 Å². The van der Waals surface area contributed by atoms with Crippen LogP contribution in [-0.2, 0) is 37.9 Å². The van der Waals surface area contributed by atoms with Crippen molar-refractivity contribution in [1.82, 2.24) is 14.7 Å². The number of nitrogens with zero attached hydrogens (tertiary/aromatic N) is 3. The van der Waals surface area contributed by atoms with Gasteiger partial charge in [-0.15, -0.1) is 0 Å². The standard InChI is InChI=1S/3C17H35NS2.Bi/c3*1-3-5-7-9-11-13-15-18(17(19)20)16-14-12-10-8-6-4-2;/h3*3-16H2,1-2H3,(H,19,20);/q;;;+3/p-3. The van der Waals surface area contributed by atoms with Crippen LogP contribution in [0.5, 0.6) is 0 Å². The minimum Gasteiger partial charge on any atom is -0.411 e. The molecule has 0 saturated carbocycles. The zero-order chi connectivity index (χ0) is 45.2. The zero-order valence-corrected chi connectivity index (χ0v) is 49.8. The molecule has 0 aromatic heterocycles.